The van der Waals surface area contributed by atoms with E-state index in [9.17, 15) is 9.90 Å². The fraction of sp³-hybridized carbons (Fsp3) is 0.316. The van der Waals surface area contributed by atoms with Crippen molar-refractivity contribution in [2.75, 3.05) is 6.61 Å². The van der Waals surface area contributed by atoms with E-state index in [0.717, 1.165) is 28.0 Å². The molecule has 4 nitrogen and oxygen atoms in total. The standard InChI is InChI=1S/C19H21NO3/c1-12-6-5-7-13(2)19(12)23-11-17(22)20-18-15-9-4-3-8-14(15)10-16(18)21/h3-9,16,18,21H,10-11H2,1-2H3,(H,20,22). The van der Waals surface area contributed by atoms with E-state index in [0.29, 0.717) is 6.42 Å². The third kappa shape index (κ3) is 3.22. The van der Waals surface area contributed by atoms with Gasteiger partial charge in [-0.05, 0) is 36.1 Å². The number of hydrogen-bond acceptors (Lipinski definition) is 3. The maximum Gasteiger partial charge on any atom is 0.258 e. The minimum absolute atomic E-state index is 0.0585. The van der Waals surface area contributed by atoms with Crippen LogP contribution in [-0.2, 0) is 11.2 Å². The van der Waals surface area contributed by atoms with Crippen LogP contribution in [0.2, 0.25) is 0 Å². The van der Waals surface area contributed by atoms with Gasteiger partial charge in [-0.1, -0.05) is 42.5 Å². The molecule has 0 fully saturated rings. The number of fused-ring (bicyclic) bond motifs is 1. The molecule has 2 aromatic rings. The quantitative estimate of drug-likeness (QED) is 0.912. The number of ether oxygens (including phenoxy) is 1. The summed E-state index contributed by atoms with van der Waals surface area (Å²) in [5, 5.41) is 13.1. The van der Waals surface area contributed by atoms with Crippen molar-refractivity contribution in [1.82, 2.24) is 5.32 Å². The number of amides is 1. The predicted molar refractivity (Wildman–Crippen MR) is 88.4 cm³/mol. The largest absolute Gasteiger partial charge is 0.483 e. The monoisotopic (exact) mass is 311 g/mol. The van der Waals surface area contributed by atoms with Crippen LogP contribution in [0.15, 0.2) is 42.5 Å². The maximum atomic E-state index is 12.2. The Morgan fingerprint density at radius 1 is 1.17 bits per heavy atom. The Kier molecular flexibility index (Phi) is 4.35. The lowest BCUT2D eigenvalue weighted by Gasteiger charge is -2.18. The van der Waals surface area contributed by atoms with Gasteiger partial charge in [0.1, 0.15) is 5.75 Å². The van der Waals surface area contributed by atoms with E-state index < -0.39 is 6.10 Å². The van der Waals surface area contributed by atoms with Crippen LogP contribution in [0.25, 0.3) is 0 Å². The van der Waals surface area contributed by atoms with Crippen LogP contribution >= 0.6 is 0 Å². The van der Waals surface area contributed by atoms with Crippen LogP contribution in [0.5, 0.6) is 5.75 Å². The van der Waals surface area contributed by atoms with Crippen LogP contribution in [0.1, 0.15) is 28.3 Å². The lowest BCUT2D eigenvalue weighted by molar-refractivity contribution is -0.124. The van der Waals surface area contributed by atoms with E-state index in [1.807, 2.05) is 56.3 Å². The number of carbonyl (C=O) groups excluding carboxylic acids is 1. The first kappa shape index (κ1) is 15.6. The van der Waals surface area contributed by atoms with E-state index in [1.54, 1.807) is 0 Å². The van der Waals surface area contributed by atoms with Gasteiger partial charge in [0.2, 0.25) is 0 Å². The highest BCUT2D eigenvalue weighted by molar-refractivity contribution is 5.78. The van der Waals surface area contributed by atoms with Crippen LogP contribution < -0.4 is 10.1 Å². The third-order valence-corrected chi connectivity index (χ3v) is 4.28. The number of nitrogens with one attached hydrogen (secondary N) is 1. The molecule has 0 saturated heterocycles. The van der Waals surface area contributed by atoms with Gasteiger partial charge in [-0.2, -0.15) is 0 Å². The summed E-state index contributed by atoms with van der Waals surface area (Å²) < 4.78 is 5.67. The van der Waals surface area contributed by atoms with Crippen molar-refractivity contribution in [1.29, 1.82) is 0 Å². The summed E-state index contributed by atoms with van der Waals surface area (Å²) in [5.41, 5.74) is 4.08. The minimum Gasteiger partial charge on any atom is -0.483 e. The summed E-state index contributed by atoms with van der Waals surface area (Å²) in [6.45, 7) is 3.85. The molecule has 0 bridgehead atoms. The van der Waals surface area contributed by atoms with Crippen LogP contribution in [-0.4, -0.2) is 23.7 Å². The number of aliphatic hydroxyl groups is 1. The summed E-state index contributed by atoms with van der Waals surface area (Å²) in [5.74, 6) is 0.517. The molecule has 1 amide bonds. The smallest absolute Gasteiger partial charge is 0.258 e. The van der Waals surface area contributed by atoms with Crippen LogP contribution in [0.4, 0.5) is 0 Å². The van der Waals surface area contributed by atoms with Gasteiger partial charge in [-0.15, -0.1) is 0 Å². The van der Waals surface area contributed by atoms with Crippen molar-refractivity contribution in [2.24, 2.45) is 0 Å². The first-order valence-corrected chi connectivity index (χ1v) is 7.80. The molecule has 0 saturated carbocycles. The van der Waals surface area contributed by atoms with Crippen LogP contribution in [0.3, 0.4) is 0 Å². The Morgan fingerprint density at radius 2 is 1.87 bits per heavy atom. The van der Waals surface area contributed by atoms with Crippen molar-refractivity contribution in [2.45, 2.75) is 32.4 Å². The number of rotatable bonds is 4. The summed E-state index contributed by atoms with van der Waals surface area (Å²) in [7, 11) is 0. The molecular formula is C19H21NO3. The molecular weight excluding hydrogens is 290 g/mol. The van der Waals surface area contributed by atoms with E-state index in [4.69, 9.17) is 4.74 Å². The lowest BCUT2D eigenvalue weighted by Crippen LogP contribution is -2.36. The number of benzene rings is 2. The Morgan fingerprint density at radius 3 is 2.61 bits per heavy atom. The average molecular weight is 311 g/mol. The Labute approximate surface area is 136 Å². The van der Waals surface area contributed by atoms with Crippen molar-refractivity contribution in [3.05, 3.63) is 64.7 Å². The third-order valence-electron chi connectivity index (χ3n) is 4.28. The zero-order chi connectivity index (χ0) is 16.4. The molecule has 0 aromatic heterocycles. The molecule has 3 rings (SSSR count). The highest BCUT2D eigenvalue weighted by Crippen LogP contribution is 2.31. The molecule has 2 N–H and O–H groups in total. The van der Waals surface area contributed by atoms with Gasteiger partial charge in [-0.3, -0.25) is 4.79 Å². The summed E-state index contributed by atoms with van der Waals surface area (Å²) in [6, 6.07) is 13.3. The summed E-state index contributed by atoms with van der Waals surface area (Å²) in [4.78, 5) is 12.2. The van der Waals surface area contributed by atoms with E-state index >= 15 is 0 Å². The maximum absolute atomic E-state index is 12.2. The Hall–Kier alpha value is -2.33. The van der Waals surface area contributed by atoms with E-state index in [2.05, 4.69) is 5.32 Å². The van der Waals surface area contributed by atoms with Crippen molar-refractivity contribution in [3.63, 3.8) is 0 Å². The molecule has 0 aliphatic heterocycles. The fourth-order valence-corrected chi connectivity index (χ4v) is 3.13. The highest BCUT2D eigenvalue weighted by atomic mass is 16.5. The number of para-hydroxylation sites is 1. The molecule has 0 radical (unpaired) electrons. The van der Waals surface area contributed by atoms with Gasteiger partial charge >= 0.3 is 0 Å². The highest BCUT2D eigenvalue weighted by Gasteiger charge is 2.31. The molecule has 2 atom stereocenters. The first-order valence-electron chi connectivity index (χ1n) is 7.80. The number of hydrogen-bond donors (Lipinski definition) is 2. The molecule has 4 heteroatoms. The average Bonchev–Trinajstić information content (AvgIpc) is 2.83. The van der Waals surface area contributed by atoms with Gasteiger partial charge in [0.25, 0.3) is 5.91 Å². The second-order valence-electron chi connectivity index (χ2n) is 6.03. The zero-order valence-electron chi connectivity index (χ0n) is 13.4. The normalized spacial score (nSPS) is 19.3. The Bertz CT molecular complexity index is 706. The first-order chi connectivity index (χ1) is 11.1. The van der Waals surface area contributed by atoms with Gasteiger partial charge in [0, 0.05) is 6.42 Å². The molecule has 2 aromatic carbocycles. The molecule has 0 heterocycles. The molecule has 1 aliphatic rings. The van der Waals surface area contributed by atoms with Gasteiger partial charge in [0.05, 0.1) is 12.1 Å². The second kappa shape index (κ2) is 6.42. The van der Waals surface area contributed by atoms with Crippen LogP contribution in [0, 0.1) is 13.8 Å². The van der Waals surface area contributed by atoms with Gasteiger partial charge in [0.15, 0.2) is 6.61 Å². The molecule has 23 heavy (non-hydrogen) atoms. The molecule has 120 valence electrons. The molecule has 0 spiro atoms. The van der Waals surface area contributed by atoms with Gasteiger partial charge in [-0.25, -0.2) is 0 Å². The van der Waals surface area contributed by atoms with Crippen molar-refractivity contribution < 1.29 is 14.6 Å². The number of carbonyl (C=O) groups is 1. The fourth-order valence-electron chi connectivity index (χ4n) is 3.13. The second-order valence-corrected chi connectivity index (χ2v) is 6.03. The van der Waals surface area contributed by atoms with E-state index in [-0.39, 0.29) is 18.6 Å². The summed E-state index contributed by atoms with van der Waals surface area (Å²) in [6.07, 6.45) is -0.0182. The lowest BCUT2D eigenvalue weighted by atomic mass is 10.1. The molecule has 2 unspecified atom stereocenters. The number of aryl methyl sites for hydroxylation is 2. The summed E-state index contributed by atoms with van der Waals surface area (Å²) >= 11 is 0. The topological polar surface area (TPSA) is 58.6 Å². The zero-order valence-corrected chi connectivity index (χ0v) is 13.4. The SMILES string of the molecule is Cc1cccc(C)c1OCC(=O)NC1c2ccccc2CC1O. The number of aliphatic hydroxyl groups excluding tert-OH is 1. The minimum atomic E-state index is -0.587. The van der Waals surface area contributed by atoms with Crippen molar-refractivity contribution in [3.8, 4) is 5.75 Å². The predicted octanol–water partition coefficient (Wildman–Crippen LogP) is 2.46. The Balaban J connectivity index is 1.64. The van der Waals surface area contributed by atoms with Gasteiger partial charge < -0.3 is 15.2 Å². The van der Waals surface area contributed by atoms with E-state index in [1.165, 1.54) is 0 Å². The van der Waals surface area contributed by atoms with Crippen molar-refractivity contribution >= 4 is 5.91 Å². The molecule has 1 aliphatic carbocycles.